The average molecular weight is 338 g/mol. The van der Waals surface area contributed by atoms with E-state index in [1.54, 1.807) is 18.6 Å². The van der Waals surface area contributed by atoms with Crippen molar-refractivity contribution in [2.24, 2.45) is 0 Å². The molecule has 1 atom stereocenters. The normalized spacial score (nSPS) is 11.7. The number of benzene rings is 1. The van der Waals surface area contributed by atoms with E-state index in [0.717, 1.165) is 5.69 Å². The van der Waals surface area contributed by atoms with Crippen LogP contribution in [0, 0.1) is 0 Å². The molecule has 0 bridgehead atoms. The molecule has 3 rings (SSSR count). The molecule has 2 heterocycles. The van der Waals surface area contributed by atoms with E-state index in [9.17, 15) is 4.79 Å². The number of nitrogens with one attached hydrogen (secondary N) is 1. The van der Waals surface area contributed by atoms with Crippen LogP contribution in [0.5, 0.6) is 5.75 Å². The van der Waals surface area contributed by atoms with Crippen LogP contribution in [-0.2, 0) is 13.0 Å². The first-order chi connectivity index (χ1) is 12.2. The fourth-order valence-corrected chi connectivity index (χ4v) is 2.24. The van der Waals surface area contributed by atoms with Gasteiger partial charge in [-0.15, -0.1) is 0 Å². The number of hydrogen-bond acceptors (Lipinski definition) is 6. The van der Waals surface area contributed by atoms with Gasteiger partial charge in [0.25, 0.3) is 5.91 Å². The second-order valence-corrected chi connectivity index (χ2v) is 5.50. The second kappa shape index (κ2) is 8.05. The summed E-state index contributed by atoms with van der Waals surface area (Å²) in [6, 6.07) is 9.23. The zero-order chi connectivity index (χ0) is 17.5. The lowest BCUT2D eigenvalue weighted by Crippen LogP contribution is -2.34. The first-order valence-electron chi connectivity index (χ1n) is 7.88. The largest absolute Gasteiger partial charge is 0.484 e. The molecule has 3 aromatic rings. The Labute approximate surface area is 145 Å². The van der Waals surface area contributed by atoms with Crippen LogP contribution >= 0.6 is 0 Å². The molecule has 0 saturated carbocycles. The minimum Gasteiger partial charge on any atom is -0.484 e. The van der Waals surface area contributed by atoms with Crippen LogP contribution in [0.2, 0.25) is 0 Å². The summed E-state index contributed by atoms with van der Waals surface area (Å²) in [4.78, 5) is 24.6. The van der Waals surface area contributed by atoms with Crippen molar-refractivity contribution in [1.82, 2.24) is 20.3 Å². The van der Waals surface area contributed by atoms with Gasteiger partial charge in [0.15, 0.2) is 12.3 Å². The van der Waals surface area contributed by atoms with Gasteiger partial charge in [-0.3, -0.25) is 14.8 Å². The molecule has 0 unspecified atom stereocenters. The molecule has 0 aliphatic heterocycles. The van der Waals surface area contributed by atoms with E-state index in [0.29, 0.717) is 18.1 Å². The predicted octanol–water partition coefficient (Wildman–Crippen LogP) is 2.40. The summed E-state index contributed by atoms with van der Waals surface area (Å²) in [7, 11) is 0. The van der Waals surface area contributed by atoms with Crippen LogP contribution in [0.3, 0.4) is 0 Å². The van der Waals surface area contributed by atoms with Crippen molar-refractivity contribution in [2.75, 3.05) is 0 Å². The number of aromatic nitrogens is 3. The fraction of sp³-hybridized carbons (Fsp3) is 0.222. The number of rotatable bonds is 7. The molecule has 25 heavy (non-hydrogen) atoms. The molecule has 0 aliphatic carbocycles. The molecule has 1 N–H and O–H groups in total. The van der Waals surface area contributed by atoms with Crippen molar-refractivity contribution < 1.29 is 13.9 Å². The quantitative estimate of drug-likeness (QED) is 0.711. The molecular weight excluding hydrogens is 320 g/mol. The summed E-state index contributed by atoms with van der Waals surface area (Å²) in [5, 5.41) is 2.86. The number of oxazole rings is 1. The van der Waals surface area contributed by atoms with Gasteiger partial charge in [-0.1, -0.05) is 18.2 Å². The zero-order valence-corrected chi connectivity index (χ0v) is 13.8. The van der Waals surface area contributed by atoms with Crippen LogP contribution < -0.4 is 10.1 Å². The molecule has 0 radical (unpaired) electrons. The van der Waals surface area contributed by atoms with Crippen LogP contribution in [0.15, 0.2) is 59.6 Å². The Morgan fingerprint density at radius 1 is 1.28 bits per heavy atom. The lowest BCUT2D eigenvalue weighted by molar-refractivity contribution is 0.0935. The van der Waals surface area contributed by atoms with Gasteiger partial charge in [-0.05, 0) is 19.1 Å². The average Bonchev–Trinajstić information content (AvgIpc) is 3.11. The summed E-state index contributed by atoms with van der Waals surface area (Å²) in [5.74, 6) is 0.756. The molecular formula is C18H18N4O3. The van der Waals surface area contributed by atoms with Crippen molar-refractivity contribution in [2.45, 2.75) is 26.0 Å². The van der Waals surface area contributed by atoms with Crippen molar-refractivity contribution >= 4 is 5.91 Å². The first kappa shape index (κ1) is 16.6. The highest BCUT2D eigenvalue weighted by molar-refractivity contribution is 5.92. The summed E-state index contributed by atoms with van der Waals surface area (Å²) in [6.07, 6.45) is 6.83. The number of amides is 1. The topological polar surface area (TPSA) is 90.1 Å². The molecule has 2 aromatic heterocycles. The number of nitrogens with zero attached hydrogens (tertiary/aromatic N) is 3. The van der Waals surface area contributed by atoms with E-state index in [1.165, 1.54) is 6.26 Å². The number of carbonyl (C=O) groups is 1. The van der Waals surface area contributed by atoms with Gasteiger partial charge >= 0.3 is 0 Å². The molecule has 128 valence electrons. The van der Waals surface area contributed by atoms with Crippen LogP contribution in [0.4, 0.5) is 0 Å². The number of carbonyl (C=O) groups excluding carboxylic acids is 1. The summed E-state index contributed by atoms with van der Waals surface area (Å²) < 4.78 is 10.8. The van der Waals surface area contributed by atoms with E-state index in [-0.39, 0.29) is 24.2 Å². The van der Waals surface area contributed by atoms with E-state index in [4.69, 9.17) is 9.15 Å². The van der Waals surface area contributed by atoms with Crippen molar-refractivity contribution in [1.29, 1.82) is 0 Å². The van der Waals surface area contributed by atoms with E-state index >= 15 is 0 Å². The minimum atomic E-state index is -0.300. The third-order valence-electron chi connectivity index (χ3n) is 3.40. The summed E-state index contributed by atoms with van der Waals surface area (Å²) in [6.45, 7) is 2.05. The van der Waals surface area contributed by atoms with Crippen LogP contribution in [0.25, 0.3) is 0 Å². The Bertz CT molecular complexity index is 805. The van der Waals surface area contributed by atoms with Gasteiger partial charge in [0.05, 0.1) is 5.69 Å². The lowest BCUT2D eigenvalue weighted by atomic mass is 10.2. The lowest BCUT2D eigenvalue weighted by Gasteiger charge is -2.11. The van der Waals surface area contributed by atoms with Crippen molar-refractivity contribution in [3.63, 3.8) is 0 Å². The van der Waals surface area contributed by atoms with Crippen LogP contribution in [0.1, 0.15) is 29.0 Å². The zero-order valence-electron chi connectivity index (χ0n) is 13.8. The van der Waals surface area contributed by atoms with Gasteiger partial charge in [0.2, 0.25) is 5.89 Å². The minimum absolute atomic E-state index is 0.107. The Kier molecular flexibility index (Phi) is 5.36. The van der Waals surface area contributed by atoms with Gasteiger partial charge in [0, 0.05) is 31.1 Å². The monoisotopic (exact) mass is 338 g/mol. The molecule has 7 heteroatoms. The maximum Gasteiger partial charge on any atom is 0.273 e. The van der Waals surface area contributed by atoms with Gasteiger partial charge in [-0.2, -0.15) is 0 Å². The van der Waals surface area contributed by atoms with Crippen molar-refractivity contribution in [3.8, 4) is 5.75 Å². The first-order valence-corrected chi connectivity index (χ1v) is 7.88. The summed E-state index contributed by atoms with van der Waals surface area (Å²) >= 11 is 0. The molecule has 1 amide bonds. The highest BCUT2D eigenvalue weighted by Gasteiger charge is 2.15. The summed E-state index contributed by atoms with van der Waals surface area (Å²) in [5.41, 5.74) is 1.03. The molecule has 1 aromatic carbocycles. The highest BCUT2D eigenvalue weighted by atomic mass is 16.5. The molecule has 0 fully saturated rings. The second-order valence-electron chi connectivity index (χ2n) is 5.50. The highest BCUT2D eigenvalue weighted by Crippen LogP contribution is 2.11. The standard InChI is InChI=1S/C18H18N4O3/c1-13(9-14-10-19-7-8-20-14)21-18(23)16-11-25-17(22-16)12-24-15-5-3-2-4-6-15/h2-8,10-11,13H,9,12H2,1H3,(H,21,23)/t13-/m1/s1. The number of ether oxygens (including phenoxy) is 1. The van der Waals surface area contributed by atoms with E-state index in [2.05, 4.69) is 20.3 Å². The molecule has 0 aliphatic rings. The van der Waals surface area contributed by atoms with E-state index < -0.39 is 0 Å². The Morgan fingerprint density at radius 3 is 2.88 bits per heavy atom. The van der Waals surface area contributed by atoms with Crippen LogP contribution in [-0.4, -0.2) is 26.9 Å². The molecule has 0 spiro atoms. The number of para-hydroxylation sites is 1. The Hall–Kier alpha value is -3.22. The van der Waals surface area contributed by atoms with Gasteiger partial charge in [-0.25, -0.2) is 4.98 Å². The smallest absolute Gasteiger partial charge is 0.273 e. The Morgan fingerprint density at radius 2 is 2.12 bits per heavy atom. The number of hydrogen-bond donors (Lipinski definition) is 1. The van der Waals surface area contributed by atoms with Gasteiger partial charge in [0.1, 0.15) is 12.0 Å². The third kappa shape index (κ3) is 4.87. The van der Waals surface area contributed by atoms with Gasteiger partial charge < -0.3 is 14.5 Å². The SMILES string of the molecule is C[C@H](Cc1cnccn1)NC(=O)c1coc(COc2ccccc2)n1. The Balaban J connectivity index is 1.51. The molecule has 7 nitrogen and oxygen atoms in total. The maximum atomic E-state index is 12.2. The predicted molar refractivity (Wildman–Crippen MR) is 89.9 cm³/mol. The van der Waals surface area contributed by atoms with E-state index in [1.807, 2.05) is 37.3 Å². The maximum absolute atomic E-state index is 12.2. The third-order valence-corrected chi connectivity index (χ3v) is 3.40. The fourth-order valence-electron chi connectivity index (χ4n) is 2.24. The van der Waals surface area contributed by atoms with Crippen molar-refractivity contribution in [3.05, 3.63) is 72.5 Å². The molecule has 0 saturated heterocycles.